The maximum atomic E-state index is 13.8. The molecule has 0 spiro atoms. The van der Waals surface area contributed by atoms with Crippen LogP contribution in [0.2, 0.25) is 0 Å². The van der Waals surface area contributed by atoms with E-state index in [9.17, 15) is 4.79 Å². The third-order valence-corrected chi connectivity index (χ3v) is 7.85. The van der Waals surface area contributed by atoms with Crippen LogP contribution in [0, 0.1) is 0 Å². The van der Waals surface area contributed by atoms with Crippen molar-refractivity contribution in [2.75, 3.05) is 27.2 Å². The number of nitrogens with zero attached hydrogens (tertiary/aromatic N) is 3. The van der Waals surface area contributed by atoms with Gasteiger partial charge in [-0.1, -0.05) is 12.1 Å². The number of benzene rings is 1. The molecule has 0 atom stereocenters. The number of methoxy groups -OCH3 is 1. The lowest BCUT2D eigenvalue weighted by Crippen LogP contribution is -2.37. The molecule has 2 aliphatic rings. The Morgan fingerprint density at radius 2 is 1.87 bits per heavy atom. The highest BCUT2D eigenvalue weighted by atomic mass is 32.1. The maximum absolute atomic E-state index is 13.8. The number of hydrogen-bond donors (Lipinski definition) is 0. The van der Waals surface area contributed by atoms with Gasteiger partial charge >= 0.3 is 0 Å². The second-order valence-corrected chi connectivity index (χ2v) is 9.74. The number of ether oxygens (including phenoxy) is 1. The maximum Gasteiger partial charge on any atom is 0.262 e. The van der Waals surface area contributed by atoms with E-state index in [1.54, 1.807) is 18.4 Å². The average molecular weight is 424 g/mol. The van der Waals surface area contributed by atoms with Gasteiger partial charge in [-0.25, -0.2) is 4.98 Å². The molecule has 0 bridgehead atoms. The summed E-state index contributed by atoms with van der Waals surface area (Å²) < 4.78 is 7.35. The van der Waals surface area contributed by atoms with Gasteiger partial charge in [0, 0.05) is 17.3 Å². The number of aryl methyl sites for hydroxylation is 2. The fourth-order valence-corrected chi connectivity index (χ4v) is 6.21. The highest BCUT2D eigenvalue weighted by Crippen LogP contribution is 2.35. The van der Waals surface area contributed by atoms with E-state index in [1.807, 2.05) is 12.1 Å². The van der Waals surface area contributed by atoms with E-state index in [2.05, 4.69) is 28.6 Å². The quantitative estimate of drug-likeness (QED) is 0.631. The van der Waals surface area contributed by atoms with Crippen molar-refractivity contribution in [1.82, 2.24) is 14.5 Å². The number of fused-ring (bicyclic) bond motifs is 3. The molecule has 5 nitrogen and oxygen atoms in total. The molecule has 0 amide bonds. The SMILES string of the molecule is COc1ccc(Cc2nc3sc4c(c3c(=O)n2C2CCN(C)CC2)CCCC4)cc1. The Labute approximate surface area is 181 Å². The monoisotopic (exact) mass is 423 g/mol. The van der Waals surface area contributed by atoms with Gasteiger partial charge in [-0.05, 0) is 81.9 Å². The van der Waals surface area contributed by atoms with Crippen LogP contribution in [0.15, 0.2) is 29.1 Å². The van der Waals surface area contributed by atoms with Crippen LogP contribution in [0.3, 0.4) is 0 Å². The second-order valence-electron chi connectivity index (χ2n) is 8.65. The summed E-state index contributed by atoms with van der Waals surface area (Å²) in [6.45, 7) is 2.05. The van der Waals surface area contributed by atoms with Crippen molar-refractivity contribution >= 4 is 21.6 Å². The zero-order valence-electron chi connectivity index (χ0n) is 17.8. The Morgan fingerprint density at radius 1 is 1.13 bits per heavy atom. The van der Waals surface area contributed by atoms with Crippen LogP contribution in [-0.4, -0.2) is 41.7 Å². The van der Waals surface area contributed by atoms with Gasteiger partial charge < -0.3 is 9.64 Å². The molecule has 0 N–H and O–H groups in total. The number of rotatable bonds is 4. The van der Waals surface area contributed by atoms with Gasteiger partial charge in [0.15, 0.2) is 0 Å². The minimum Gasteiger partial charge on any atom is -0.497 e. The van der Waals surface area contributed by atoms with Gasteiger partial charge in [0.1, 0.15) is 16.4 Å². The molecule has 6 heteroatoms. The van der Waals surface area contributed by atoms with Crippen LogP contribution in [0.1, 0.15) is 53.6 Å². The van der Waals surface area contributed by atoms with Crippen LogP contribution in [0.25, 0.3) is 10.2 Å². The summed E-state index contributed by atoms with van der Waals surface area (Å²) in [5.41, 5.74) is 2.64. The molecule has 3 heterocycles. The Hall–Kier alpha value is -2.18. The van der Waals surface area contributed by atoms with Gasteiger partial charge in [-0.2, -0.15) is 0 Å². The van der Waals surface area contributed by atoms with Gasteiger partial charge in [-0.15, -0.1) is 11.3 Å². The van der Waals surface area contributed by atoms with Crippen LogP contribution in [-0.2, 0) is 19.3 Å². The van der Waals surface area contributed by atoms with Crippen LogP contribution < -0.4 is 10.3 Å². The van der Waals surface area contributed by atoms with Crippen LogP contribution >= 0.6 is 11.3 Å². The standard InChI is InChI=1S/C24H29N3O2S/c1-26-13-11-17(12-14-26)27-21(15-16-7-9-18(29-2)10-8-16)25-23-22(24(27)28)19-5-3-4-6-20(19)30-23/h7-10,17H,3-6,11-15H2,1-2H3. The van der Waals surface area contributed by atoms with Crippen LogP contribution in [0.4, 0.5) is 0 Å². The van der Waals surface area contributed by atoms with Crippen molar-refractivity contribution in [3.63, 3.8) is 0 Å². The Morgan fingerprint density at radius 3 is 2.60 bits per heavy atom. The third-order valence-electron chi connectivity index (χ3n) is 6.67. The molecule has 1 saturated heterocycles. The van der Waals surface area contributed by atoms with Gasteiger partial charge in [0.25, 0.3) is 5.56 Å². The first-order chi connectivity index (χ1) is 14.6. The van der Waals surface area contributed by atoms with Crippen molar-refractivity contribution in [3.8, 4) is 5.75 Å². The fraction of sp³-hybridized carbons (Fsp3) is 0.500. The van der Waals surface area contributed by atoms with Crippen molar-refractivity contribution in [2.45, 2.75) is 51.0 Å². The van der Waals surface area contributed by atoms with Gasteiger partial charge in [0.05, 0.1) is 12.5 Å². The molecule has 1 aliphatic carbocycles. The normalized spacial score (nSPS) is 17.9. The summed E-state index contributed by atoms with van der Waals surface area (Å²) in [5, 5.41) is 0.909. The summed E-state index contributed by atoms with van der Waals surface area (Å²) >= 11 is 1.75. The molecular weight excluding hydrogens is 394 g/mol. The lowest BCUT2D eigenvalue weighted by molar-refractivity contribution is 0.216. The lowest BCUT2D eigenvalue weighted by atomic mass is 9.97. The van der Waals surface area contributed by atoms with Crippen molar-refractivity contribution in [2.24, 2.45) is 0 Å². The molecule has 158 valence electrons. The van der Waals surface area contributed by atoms with Gasteiger partial charge in [0.2, 0.25) is 0 Å². The molecule has 1 aliphatic heterocycles. The molecule has 3 aromatic rings. The molecule has 30 heavy (non-hydrogen) atoms. The minimum absolute atomic E-state index is 0.192. The molecule has 0 unspecified atom stereocenters. The van der Waals surface area contributed by atoms with E-state index in [-0.39, 0.29) is 11.6 Å². The van der Waals surface area contributed by atoms with E-state index in [0.29, 0.717) is 6.42 Å². The number of likely N-dealkylation sites (tertiary alicyclic amines) is 1. The number of hydrogen-bond acceptors (Lipinski definition) is 5. The number of piperidine rings is 1. The van der Waals surface area contributed by atoms with Gasteiger partial charge in [-0.3, -0.25) is 9.36 Å². The smallest absolute Gasteiger partial charge is 0.262 e. The van der Waals surface area contributed by atoms with E-state index < -0.39 is 0 Å². The molecule has 0 radical (unpaired) electrons. The Kier molecular flexibility index (Phi) is 5.37. The molecule has 0 saturated carbocycles. The molecule has 5 rings (SSSR count). The van der Waals surface area contributed by atoms with E-state index >= 15 is 0 Å². The first-order valence-corrected chi connectivity index (χ1v) is 11.8. The predicted molar refractivity (Wildman–Crippen MR) is 122 cm³/mol. The van der Waals surface area contributed by atoms with E-state index in [4.69, 9.17) is 9.72 Å². The zero-order valence-corrected chi connectivity index (χ0v) is 18.6. The first-order valence-electron chi connectivity index (χ1n) is 11.0. The Bertz CT molecular complexity index is 1110. The van der Waals surface area contributed by atoms with Crippen molar-refractivity contribution in [1.29, 1.82) is 0 Å². The topological polar surface area (TPSA) is 47.4 Å². The summed E-state index contributed by atoms with van der Waals surface area (Å²) in [5.74, 6) is 1.76. The van der Waals surface area contributed by atoms with Crippen molar-refractivity contribution in [3.05, 3.63) is 56.4 Å². The zero-order chi connectivity index (χ0) is 20.7. The predicted octanol–water partition coefficient (Wildman–Crippen LogP) is 4.20. The minimum atomic E-state index is 0.192. The largest absolute Gasteiger partial charge is 0.497 e. The summed E-state index contributed by atoms with van der Waals surface area (Å²) in [7, 11) is 3.84. The van der Waals surface area contributed by atoms with Crippen molar-refractivity contribution < 1.29 is 4.74 Å². The summed E-state index contributed by atoms with van der Waals surface area (Å²) in [4.78, 5) is 23.6. The molecule has 1 fully saturated rings. The second kappa shape index (κ2) is 8.16. The summed E-state index contributed by atoms with van der Waals surface area (Å²) in [6.07, 6.45) is 7.21. The number of aromatic nitrogens is 2. The fourth-order valence-electron chi connectivity index (χ4n) is 4.94. The third kappa shape index (κ3) is 3.56. The molecule has 1 aromatic carbocycles. The van der Waals surface area contributed by atoms with E-state index in [0.717, 1.165) is 66.1 Å². The molecular formula is C24H29N3O2S. The van der Waals surface area contributed by atoms with E-state index in [1.165, 1.54) is 23.3 Å². The first kappa shape index (κ1) is 19.8. The lowest BCUT2D eigenvalue weighted by Gasteiger charge is -2.31. The highest BCUT2D eigenvalue weighted by Gasteiger charge is 2.27. The molecule has 2 aromatic heterocycles. The summed E-state index contributed by atoms with van der Waals surface area (Å²) in [6, 6.07) is 8.35. The number of thiophene rings is 1. The Balaban J connectivity index is 1.63. The average Bonchev–Trinajstić information content (AvgIpc) is 3.14. The van der Waals surface area contributed by atoms with Crippen LogP contribution in [0.5, 0.6) is 5.75 Å². The highest BCUT2D eigenvalue weighted by molar-refractivity contribution is 7.18.